The van der Waals surface area contributed by atoms with Gasteiger partial charge in [-0.2, -0.15) is 5.10 Å². The van der Waals surface area contributed by atoms with Crippen molar-refractivity contribution in [1.82, 2.24) is 25.0 Å². The number of aromatic nitrogens is 3. The lowest BCUT2D eigenvalue weighted by atomic mass is 10.2. The first-order chi connectivity index (χ1) is 8.66. The molecule has 1 saturated heterocycles. The third-order valence-corrected chi connectivity index (χ3v) is 2.91. The second-order valence-electron chi connectivity index (χ2n) is 4.37. The molecule has 1 aromatic heterocycles. The molecule has 0 aliphatic carbocycles. The van der Waals surface area contributed by atoms with Crippen molar-refractivity contribution in [1.29, 1.82) is 0 Å². The summed E-state index contributed by atoms with van der Waals surface area (Å²) < 4.78 is 6.87. The molecule has 1 aliphatic heterocycles. The lowest BCUT2D eigenvalue weighted by Crippen LogP contribution is -2.49. The summed E-state index contributed by atoms with van der Waals surface area (Å²) in [6.45, 7) is 4.96. The highest BCUT2D eigenvalue weighted by atomic mass is 16.5. The zero-order chi connectivity index (χ0) is 13.0. The second kappa shape index (κ2) is 5.92. The first-order valence-corrected chi connectivity index (χ1v) is 6.11. The third kappa shape index (κ3) is 3.27. The molecule has 18 heavy (non-hydrogen) atoms. The van der Waals surface area contributed by atoms with Gasteiger partial charge < -0.3 is 9.64 Å². The summed E-state index contributed by atoms with van der Waals surface area (Å²) in [5.74, 6) is 0.799. The number of carbonyl (C=O) groups is 1. The van der Waals surface area contributed by atoms with E-state index in [4.69, 9.17) is 4.74 Å². The van der Waals surface area contributed by atoms with Gasteiger partial charge in [0.05, 0.1) is 25.8 Å². The van der Waals surface area contributed by atoms with Crippen molar-refractivity contribution in [3.05, 3.63) is 12.2 Å². The first kappa shape index (κ1) is 13.0. The van der Waals surface area contributed by atoms with Crippen molar-refractivity contribution in [2.75, 3.05) is 26.3 Å². The molecule has 2 heterocycles. The third-order valence-electron chi connectivity index (χ3n) is 2.91. The maximum absolute atomic E-state index is 12.1. The largest absolute Gasteiger partial charge is 0.378 e. The van der Waals surface area contributed by atoms with Gasteiger partial charge in [0, 0.05) is 20.1 Å². The quantitative estimate of drug-likeness (QED) is 0.757. The highest BCUT2D eigenvalue weighted by Gasteiger charge is 2.22. The molecule has 0 saturated carbocycles. The molecule has 1 atom stereocenters. The first-order valence-electron chi connectivity index (χ1n) is 6.11. The molecule has 0 radical (unpaired) electrons. The Bertz CT molecular complexity index is 400. The average molecular weight is 253 g/mol. The number of hydrogen-bond donors (Lipinski definition) is 1. The molecule has 7 nitrogen and oxygen atoms in total. The maximum Gasteiger partial charge on any atom is 0.239 e. The van der Waals surface area contributed by atoms with E-state index in [1.807, 2.05) is 18.9 Å². The Labute approximate surface area is 106 Å². The average Bonchev–Trinajstić information content (AvgIpc) is 2.82. The Morgan fingerprint density at radius 2 is 2.28 bits per heavy atom. The Hall–Kier alpha value is -1.47. The van der Waals surface area contributed by atoms with Crippen LogP contribution in [0.5, 0.6) is 0 Å². The fourth-order valence-corrected chi connectivity index (χ4v) is 1.85. The summed E-state index contributed by atoms with van der Waals surface area (Å²) in [6.07, 6.45) is 1.64. The smallest absolute Gasteiger partial charge is 0.239 e. The summed E-state index contributed by atoms with van der Waals surface area (Å²) in [6, 6.07) is -0.230. The standard InChI is InChI=1S/C11H19N5O2/c1-9(11(17)16-3-5-18-6-4-16)12-7-10-13-8-15(2)14-10/h8-9,12H,3-7H2,1-2H3. The van der Waals surface area contributed by atoms with E-state index in [1.54, 1.807) is 11.0 Å². The highest BCUT2D eigenvalue weighted by molar-refractivity contribution is 5.81. The lowest BCUT2D eigenvalue weighted by molar-refractivity contribution is -0.137. The van der Waals surface area contributed by atoms with Crippen molar-refractivity contribution in [3.8, 4) is 0 Å². The molecule has 1 unspecified atom stereocenters. The molecule has 0 bridgehead atoms. The van der Waals surface area contributed by atoms with Crippen LogP contribution < -0.4 is 5.32 Å². The minimum Gasteiger partial charge on any atom is -0.378 e. The van der Waals surface area contributed by atoms with Crippen LogP contribution in [0.15, 0.2) is 6.33 Å². The van der Waals surface area contributed by atoms with Crippen molar-refractivity contribution < 1.29 is 9.53 Å². The predicted octanol–water partition coefficient (Wildman–Crippen LogP) is -0.848. The van der Waals surface area contributed by atoms with Gasteiger partial charge in [-0.3, -0.25) is 14.8 Å². The number of aryl methyl sites for hydroxylation is 1. The highest BCUT2D eigenvalue weighted by Crippen LogP contribution is 2.01. The fraction of sp³-hybridized carbons (Fsp3) is 0.727. The van der Waals surface area contributed by atoms with Gasteiger partial charge in [-0.1, -0.05) is 0 Å². The van der Waals surface area contributed by atoms with Crippen LogP contribution in [-0.4, -0.2) is 57.9 Å². The molecule has 1 amide bonds. The lowest BCUT2D eigenvalue weighted by Gasteiger charge is -2.29. The molecule has 0 aromatic carbocycles. The monoisotopic (exact) mass is 253 g/mol. The molecule has 7 heteroatoms. The van der Waals surface area contributed by atoms with Crippen molar-refractivity contribution in [2.45, 2.75) is 19.5 Å². The number of nitrogens with zero attached hydrogens (tertiary/aromatic N) is 4. The Morgan fingerprint density at radius 1 is 1.56 bits per heavy atom. The molecular weight excluding hydrogens is 234 g/mol. The zero-order valence-corrected chi connectivity index (χ0v) is 10.8. The topological polar surface area (TPSA) is 72.3 Å². The maximum atomic E-state index is 12.1. The van der Waals surface area contributed by atoms with E-state index in [1.165, 1.54) is 0 Å². The Balaban J connectivity index is 1.79. The summed E-state index contributed by atoms with van der Waals surface area (Å²) >= 11 is 0. The molecule has 0 spiro atoms. The minimum atomic E-state index is -0.230. The summed E-state index contributed by atoms with van der Waals surface area (Å²) in [4.78, 5) is 18.0. The van der Waals surface area contributed by atoms with E-state index in [0.29, 0.717) is 38.7 Å². The van der Waals surface area contributed by atoms with E-state index in [-0.39, 0.29) is 11.9 Å². The van der Waals surface area contributed by atoms with Crippen molar-refractivity contribution >= 4 is 5.91 Å². The van der Waals surface area contributed by atoms with Gasteiger partial charge in [-0.15, -0.1) is 0 Å². The van der Waals surface area contributed by atoms with Crippen LogP contribution in [0.1, 0.15) is 12.7 Å². The molecule has 1 N–H and O–H groups in total. The van der Waals surface area contributed by atoms with Gasteiger partial charge in [0.1, 0.15) is 6.33 Å². The van der Waals surface area contributed by atoms with Crippen LogP contribution in [0, 0.1) is 0 Å². The Kier molecular flexibility index (Phi) is 4.27. The molecular formula is C11H19N5O2. The van der Waals surface area contributed by atoms with E-state index >= 15 is 0 Å². The number of ether oxygens (including phenoxy) is 1. The number of nitrogens with one attached hydrogen (secondary N) is 1. The molecule has 100 valence electrons. The number of carbonyl (C=O) groups excluding carboxylic acids is 1. The van der Waals surface area contributed by atoms with Crippen LogP contribution >= 0.6 is 0 Å². The number of hydrogen-bond acceptors (Lipinski definition) is 5. The molecule has 1 aromatic rings. The van der Waals surface area contributed by atoms with Gasteiger partial charge in [-0.05, 0) is 6.92 Å². The van der Waals surface area contributed by atoms with E-state index in [2.05, 4.69) is 15.4 Å². The number of rotatable bonds is 4. The van der Waals surface area contributed by atoms with Crippen LogP contribution in [0.3, 0.4) is 0 Å². The summed E-state index contributed by atoms with van der Waals surface area (Å²) in [7, 11) is 1.82. The summed E-state index contributed by atoms with van der Waals surface area (Å²) in [5.41, 5.74) is 0. The van der Waals surface area contributed by atoms with Crippen LogP contribution in [0.25, 0.3) is 0 Å². The van der Waals surface area contributed by atoms with Gasteiger partial charge in [0.2, 0.25) is 5.91 Å². The van der Waals surface area contributed by atoms with Gasteiger partial charge >= 0.3 is 0 Å². The predicted molar refractivity (Wildman–Crippen MR) is 64.7 cm³/mol. The van der Waals surface area contributed by atoms with Crippen molar-refractivity contribution in [2.24, 2.45) is 7.05 Å². The number of amides is 1. The van der Waals surface area contributed by atoms with Gasteiger partial charge in [-0.25, -0.2) is 4.98 Å². The van der Waals surface area contributed by atoms with E-state index in [0.717, 1.165) is 0 Å². The van der Waals surface area contributed by atoms with Gasteiger partial charge in [0.15, 0.2) is 5.82 Å². The minimum absolute atomic E-state index is 0.106. The molecule has 2 rings (SSSR count). The van der Waals surface area contributed by atoms with Crippen LogP contribution in [0.2, 0.25) is 0 Å². The van der Waals surface area contributed by atoms with E-state index < -0.39 is 0 Å². The SMILES string of the molecule is CC(NCc1ncn(C)n1)C(=O)N1CCOCC1. The fourth-order valence-electron chi connectivity index (χ4n) is 1.85. The molecule has 1 aliphatic rings. The Morgan fingerprint density at radius 3 is 2.89 bits per heavy atom. The van der Waals surface area contributed by atoms with E-state index in [9.17, 15) is 4.79 Å². The zero-order valence-electron chi connectivity index (χ0n) is 10.8. The number of morpholine rings is 1. The molecule has 1 fully saturated rings. The normalized spacial score (nSPS) is 17.8. The van der Waals surface area contributed by atoms with Gasteiger partial charge in [0.25, 0.3) is 0 Å². The summed E-state index contributed by atoms with van der Waals surface area (Å²) in [5, 5.41) is 7.29. The van der Waals surface area contributed by atoms with Crippen molar-refractivity contribution in [3.63, 3.8) is 0 Å². The second-order valence-corrected chi connectivity index (χ2v) is 4.37. The van der Waals surface area contributed by atoms with Crippen LogP contribution in [0.4, 0.5) is 0 Å². The van der Waals surface area contributed by atoms with Crippen LogP contribution in [-0.2, 0) is 23.1 Å².